The van der Waals surface area contributed by atoms with Crippen molar-refractivity contribution >= 4 is 11.8 Å². The molecule has 0 atom stereocenters. The van der Waals surface area contributed by atoms with Crippen LogP contribution in [0.3, 0.4) is 0 Å². The number of nitrogens with two attached hydrogens (primary N) is 1. The van der Waals surface area contributed by atoms with Crippen LogP contribution in [-0.4, -0.2) is 15.6 Å². The monoisotopic (exact) mass is 409 g/mol. The summed E-state index contributed by atoms with van der Waals surface area (Å²) < 4.78 is 21.2. The van der Waals surface area contributed by atoms with Gasteiger partial charge in [-0.25, -0.2) is 9.18 Å². The number of hydrogen-bond donors (Lipinski definition) is 1. The number of aromatic nitrogens is 1. The van der Waals surface area contributed by atoms with Crippen LogP contribution in [0, 0.1) is 5.82 Å². The summed E-state index contributed by atoms with van der Waals surface area (Å²) in [6.45, 7) is 4.74. The first-order valence-electron chi connectivity index (χ1n) is 9.78. The van der Waals surface area contributed by atoms with Gasteiger partial charge in [0.15, 0.2) is 5.82 Å². The van der Waals surface area contributed by atoms with E-state index in [0.717, 1.165) is 11.1 Å². The number of pyridine rings is 1. The molecule has 0 saturated carbocycles. The first kappa shape index (κ1) is 21.1. The average Bonchev–Trinajstić information content (AvgIpc) is 2.75. The van der Waals surface area contributed by atoms with E-state index in [-0.39, 0.29) is 17.8 Å². The van der Waals surface area contributed by atoms with Crippen molar-refractivity contribution < 1.29 is 13.9 Å². The molecule has 7 heteroatoms. The number of carbonyl (C=O) groups excluding carboxylic acids is 1. The third-order valence-corrected chi connectivity index (χ3v) is 4.67. The zero-order chi connectivity index (χ0) is 21.7. The summed E-state index contributed by atoms with van der Waals surface area (Å²) >= 11 is 0. The van der Waals surface area contributed by atoms with Gasteiger partial charge in [-0.3, -0.25) is 9.69 Å². The van der Waals surface area contributed by atoms with Crippen molar-refractivity contribution in [2.24, 2.45) is 0 Å². The van der Waals surface area contributed by atoms with E-state index in [0.29, 0.717) is 24.4 Å². The van der Waals surface area contributed by atoms with E-state index in [4.69, 9.17) is 10.5 Å². The van der Waals surface area contributed by atoms with Crippen molar-refractivity contribution in [3.63, 3.8) is 0 Å². The van der Waals surface area contributed by atoms with E-state index >= 15 is 0 Å². The topological polar surface area (TPSA) is 77.6 Å². The van der Waals surface area contributed by atoms with Crippen molar-refractivity contribution in [2.45, 2.75) is 33.5 Å². The first-order valence-corrected chi connectivity index (χ1v) is 9.78. The number of benzene rings is 2. The molecule has 0 spiro atoms. The van der Waals surface area contributed by atoms with Gasteiger partial charge in [-0.2, -0.15) is 0 Å². The predicted octanol–water partition coefficient (Wildman–Crippen LogP) is 4.16. The number of halogens is 1. The van der Waals surface area contributed by atoms with E-state index in [2.05, 4.69) is 0 Å². The maximum absolute atomic E-state index is 14.1. The maximum atomic E-state index is 14.1. The van der Waals surface area contributed by atoms with E-state index < -0.39 is 11.9 Å². The lowest BCUT2D eigenvalue weighted by Crippen LogP contribution is -2.36. The molecule has 2 aromatic carbocycles. The Bertz CT molecular complexity index is 1110. The fraction of sp³-hybridized carbons (Fsp3) is 0.217. The molecule has 1 amide bonds. The Balaban J connectivity index is 0.00000124. The largest absolute Gasteiger partial charge is 0.415 e. The molecule has 0 radical (unpaired) electrons. The molecule has 0 bridgehead atoms. The second-order valence-electron chi connectivity index (χ2n) is 6.65. The molecule has 3 aromatic rings. The number of nitrogens with zero attached hydrogens (tertiary/aromatic N) is 2. The zero-order valence-electron chi connectivity index (χ0n) is 17.0. The van der Waals surface area contributed by atoms with Gasteiger partial charge in [0.05, 0.1) is 25.3 Å². The normalized spacial score (nSPS) is 12.5. The molecule has 2 heterocycles. The van der Waals surface area contributed by atoms with Crippen molar-refractivity contribution in [1.29, 1.82) is 0 Å². The van der Waals surface area contributed by atoms with Crippen LogP contribution in [0.2, 0.25) is 0 Å². The Morgan fingerprint density at radius 2 is 1.83 bits per heavy atom. The highest BCUT2D eigenvalue weighted by molar-refractivity contribution is 5.73. The van der Waals surface area contributed by atoms with Gasteiger partial charge < -0.3 is 15.0 Å². The summed E-state index contributed by atoms with van der Waals surface area (Å²) in [6, 6.07) is 15.2. The van der Waals surface area contributed by atoms with Crippen molar-refractivity contribution in [3.05, 3.63) is 93.7 Å². The minimum absolute atomic E-state index is 0.0454. The number of nitrogen functional groups attached to an aromatic ring is 1. The number of fused-ring (bicyclic) bond motifs is 1. The summed E-state index contributed by atoms with van der Waals surface area (Å²) in [5, 5.41) is 0. The highest BCUT2D eigenvalue weighted by Gasteiger charge is 2.26. The van der Waals surface area contributed by atoms with Gasteiger partial charge in [-0.05, 0) is 23.8 Å². The Morgan fingerprint density at radius 1 is 1.03 bits per heavy atom. The molecule has 156 valence electrons. The zero-order valence-corrected chi connectivity index (χ0v) is 17.0. The minimum atomic E-state index is -0.552. The lowest BCUT2D eigenvalue weighted by molar-refractivity contribution is 0.134. The molecule has 4 rings (SSSR count). The number of carbonyl (C=O) groups is 1. The molecule has 2 N–H and O–H groups in total. The molecule has 0 saturated heterocycles. The average molecular weight is 409 g/mol. The summed E-state index contributed by atoms with van der Waals surface area (Å²) in [7, 11) is 0. The molecule has 0 unspecified atom stereocenters. The molecule has 1 aliphatic rings. The van der Waals surface area contributed by atoms with Crippen molar-refractivity contribution in [2.75, 3.05) is 5.73 Å². The molecular formula is C23H24FN3O3. The lowest BCUT2D eigenvalue weighted by atomic mass is 10.1. The number of ether oxygens (including phenoxy) is 1. The van der Waals surface area contributed by atoms with Crippen LogP contribution in [-0.2, 0) is 19.6 Å². The second-order valence-corrected chi connectivity index (χ2v) is 6.65. The van der Waals surface area contributed by atoms with Crippen molar-refractivity contribution in [3.8, 4) is 5.75 Å². The molecule has 0 fully saturated rings. The number of anilines is 1. The Hall–Kier alpha value is -3.61. The number of rotatable bonds is 4. The van der Waals surface area contributed by atoms with Crippen LogP contribution in [0.25, 0.3) is 0 Å². The van der Waals surface area contributed by atoms with Gasteiger partial charge in [0.2, 0.25) is 0 Å². The second kappa shape index (κ2) is 9.26. The molecule has 30 heavy (non-hydrogen) atoms. The van der Waals surface area contributed by atoms with Crippen LogP contribution >= 0.6 is 0 Å². The first-order chi connectivity index (χ1) is 14.5. The summed E-state index contributed by atoms with van der Waals surface area (Å²) in [6.07, 6.45) is 1.15. The third-order valence-electron chi connectivity index (χ3n) is 4.67. The standard InChI is InChI=1S/C21H18FN3O3.C2H6/c22-20-16(4-3-5-17(20)23)13-25-12-15-8-7-14(10-18(15)28-21(25)27)11-24-9-2-1-6-19(24)26;1-2/h1-10H,11-13,23H2;1-2H3. The van der Waals surface area contributed by atoms with E-state index in [1.54, 1.807) is 41.1 Å². The molecule has 6 nitrogen and oxygen atoms in total. The lowest BCUT2D eigenvalue weighted by Gasteiger charge is -2.28. The fourth-order valence-electron chi connectivity index (χ4n) is 3.19. The maximum Gasteiger partial charge on any atom is 0.415 e. The minimum Gasteiger partial charge on any atom is -0.410 e. The Labute approximate surface area is 174 Å². The smallest absolute Gasteiger partial charge is 0.410 e. The van der Waals surface area contributed by atoms with Crippen LogP contribution in [0.15, 0.2) is 65.6 Å². The van der Waals surface area contributed by atoms with Gasteiger partial charge >= 0.3 is 6.09 Å². The Kier molecular flexibility index (Phi) is 6.51. The molecular weight excluding hydrogens is 385 g/mol. The van der Waals surface area contributed by atoms with Gasteiger partial charge in [-0.1, -0.05) is 44.2 Å². The van der Waals surface area contributed by atoms with Crippen LogP contribution < -0.4 is 16.0 Å². The summed E-state index contributed by atoms with van der Waals surface area (Å²) in [4.78, 5) is 25.7. The van der Waals surface area contributed by atoms with E-state index in [1.807, 2.05) is 26.0 Å². The fourth-order valence-corrected chi connectivity index (χ4v) is 3.19. The van der Waals surface area contributed by atoms with E-state index in [9.17, 15) is 14.0 Å². The molecule has 1 aliphatic heterocycles. The quantitative estimate of drug-likeness (QED) is 0.657. The number of hydrogen-bond acceptors (Lipinski definition) is 4. The molecule has 0 aliphatic carbocycles. The highest BCUT2D eigenvalue weighted by Crippen LogP contribution is 2.29. The van der Waals surface area contributed by atoms with Gasteiger partial charge in [0.25, 0.3) is 5.56 Å². The predicted molar refractivity (Wildman–Crippen MR) is 114 cm³/mol. The van der Waals surface area contributed by atoms with Crippen molar-refractivity contribution in [1.82, 2.24) is 9.47 Å². The van der Waals surface area contributed by atoms with Gasteiger partial charge in [-0.15, -0.1) is 0 Å². The number of amides is 1. The SMILES string of the molecule is CC.Nc1cccc(CN2Cc3ccc(Cn4ccccc4=O)cc3OC2=O)c1F. The van der Waals surface area contributed by atoms with E-state index in [1.165, 1.54) is 17.0 Å². The van der Waals surface area contributed by atoms with Crippen LogP contribution in [0.1, 0.15) is 30.5 Å². The summed E-state index contributed by atoms with van der Waals surface area (Å²) in [5.41, 5.74) is 7.52. The highest BCUT2D eigenvalue weighted by atomic mass is 19.1. The third kappa shape index (κ3) is 4.51. The Morgan fingerprint density at radius 3 is 2.60 bits per heavy atom. The molecule has 1 aromatic heterocycles. The van der Waals surface area contributed by atoms with Crippen LogP contribution in [0.4, 0.5) is 14.9 Å². The summed E-state index contributed by atoms with van der Waals surface area (Å²) in [5.74, 6) is -0.0690. The van der Waals surface area contributed by atoms with Gasteiger partial charge in [0, 0.05) is 23.4 Å². The van der Waals surface area contributed by atoms with Crippen LogP contribution in [0.5, 0.6) is 5.75 Å². The van der Waals surface area contributed by atoms with Gasteiger partial charge in [0.1, 0.15) is 5.75 Å².